The first-order valence-corrected chi connectivity index (χ1v) is 4.04. The molecular weight excluding hydrogens is 188 g/mol. The van der Waals surface area contributed by atoms with Crippen LogP contribution >= 0.6 is 0 Å². The number of H-pyrrole nitrogens is 1. The smallest absolute Gasteiger partial charge is 0.343 e. The van der Waals surface area contributed by atoms with E-state index in [0.29, 0.717) is 6.42 Å². The van der Waals surface area contributed by atoms with Gasteiger partial charge in [-0.3, -0.25) is 14.3 Å². The van der Waals surface area contributed by atoms with Crippen LogP contribution in [0, 0.1) is 0 Å². The maximum absolute atomic E-state index is 11.2. The van der Waals surface area contributed by atoms with Gasteiger partial charge in [0.15, 0.2) is 0 Å². The van der Waals surface area contributed by atoms with E-state index in [-0.39, 0.29) is 11.3 Å². The molecule has 1 heterocycles. The zero-order valence-corrected chi connectivity index (χ0v) is 7.83. The van der Waals surface area contributed by atoms with Gasteiger partial charge in [0, 0.05) is 12.7 Å². The number of aromatic nitrogens is 2. The van der Waals surface area contributed by atoms with Gasteiger partial charge < -0.3 is 5.11 Å². The van der Waals surface area contributed by atoms with Crippen molar-refractivity contribution in [3.63, 3.8) is 0 Å². The van der Waals surface area contributed by atoms with E-state index in [0.717, 1.165) is 4.57 Å². The number of rotatable bonds is 2. The standard InChI is InChI=1S/C8H10N2O4/c1-3-4-5(7(12)13)6(11)9-8(14)10(4)2/h3H2,1-2H3,(H,12,13)(H,9,11,14). The fourth-order valence-electron chi connectivity index (χ4n) is 1.30. The first-order chi connectivity index (χ1) is 6.49. The lowest BCUT2D eigenvalue weighted by Crippen LogP contribution is -2.35. The van der Waals surface area contributed by atoms with E-state index in [1.54, 1.807) is 6.92 Å². The molecule has 0 spiro atoms. The minimum absolute atomic E-state index is 0.228. The molecule has 0 radical (unpaired) electrons. The first kappa shape index (κ1) is 10.2. The molecule has 0 aliphatic rings. The van der Waals surface area contributed by atoms with Gasteiger partial charge in [-0.25, -0.2) is 9.59 Å². The SMILES string of the molecule is CCc1c(C(=O)O)c(=O)[nH]c(=O)n1C. The van der Waals surface area contributed by atoms with E-state index >= 15 is 0 Å². The van der Waals surface area contributed by atoms with Crippen LogP contribution in [-0.4, -0.2) is 20.6 Å². The molecule has 0 saturated heterocycles. The van der Waals surface area contributed by atoms with Gasteiger partial charge in [-0.05, 0) is 6.42 Å². The van der Waals surface area contributed by atoms with Crippen LogP contribution in [0.1, 0.15) is 23.0 Å². The van der Waals surface area contributed by atoms with Crippen LogP contribution in [0.25, 0.3) is 0 Å². The number of nitrogens with one attached hydrogen (secondary N) is 1. The molecule has 1 aromatic heterocycles. The summed E-state index contributed by atoms with van der Waals surface area (Å²) in [7, 11) is 1.42. The predicted molar refractivity (Wildman–Crippen MR) is 48.6 cm³/mol. The molecule has 0 aliphatic carbocycles. The molecule has 6 heteroatoms. The average molecular weight is 198 g/mol. The maximum atomic E-state index is 11.2. The van der Waals surface area contributed by atoms with Crippen LogP contribution < -0.4 is 11.2 Å². The maximum Gasteiger partial charge on any atom is 0.343 e. The summed E-state index contributed by atoms with van der Waals surface area (Å²) in [6.07, 6.45) is 0.317. The van der Waals surface area contributed by atoms with Gasteiger partial charge in [0.25, 0.3) is 5.56 Å². The fourth-order valence-corrected chi connectivity index (χ4v) is 1.30. The number of carboxylic acids is 1. The second-order valence-electron chi connectivity index (χ2n) is 2.80. The van der Waals surface area contributed by atoms with Crippen molar-refractivity contribution >= 4 is 5.97 Å². The Labute approximate surface area is 78.8 Å². The number of aromatic carboxylic acids is 1. The number of hydrogen-bond donors (Lipinski definition) is 2. The van der Waals surface area contributed by atoms with Gasteiger partial charge in [0.2, 0.25) is 0 Å². The summed E-state index contributed by atoms with van der Waals surface area (Å²) in [5.41, 5.74) is -1.59. The van der Waals surface area contributed by atoms with Crippen molar-refractivity contribution in [1.82, 2.24) is 9.55 Å². The Morgan fingerprint density at radius 3 is 2.50 bits per heavy atom. The van der Waals surface area contributed by atoms with Crippen LogP contribution in [0.5, 0.6) is 0 Å². The van der Waals surface area contributed by atoms with Crippen molar-refractivity contribution in [2.75, 3.05) is 0 Å². The lowest BCUT2D eigenvalue weighted by atomic mass is 10.2. The molecule has 0 aromatic carbocycles. The summed E-state index contributed by atoms with van der Waals surface area (Å²) in [5, 5.41) is 8.76. The van der Waals surface area contributed by atoms with Crippen molar-refractivity contribution in [2.24, 2.45) is 7.05 Å². The van der Waals surface area contributed by atoms with Gasteiger partial charge in [-0.2, -0.15) is 0 Å². The molecule has 1 aromatic rings. The van der Waals surface area contributed by atoms with Crippen LogP contribution in [-0.2, 0) is 13.5 Å². The van der Waals surface area contributed by atoms with Gasteiger partial charge in [0.1, 0.15) is 5.56 Å². The molecular formula is C8H10N2O4. The quantitative estimate of drug-likeness (QED) is 0.659. The number of carbonyl (C=O) groups is 1. The molecule has 2 N–H and O–H groups in total. The third-order valence-electron chi connectivity index (χ3n) is 1.99. The number of aromatic amines is 1. The largest absolute Gasteiger partial charge is 0.477 e. The van der Waals surface area contributed by atoms with Crippen molar-refractivity contribution in [1.29, 1.82) is 0 Å². The molecule has 0 fully saturated rings. The fraction of sp³-hybridized carbons (Fsp3) is 0.375. The molecule has 1 rings (SSSR count). The Bertz CT molecular complexity index is 483. The van der Waals surface area contributed by atoms with Crippen molar-refractivity contribution in [2.45, 2.75) is 13.3 Å². The topological polar surface area (TPSA) is 92.2 Å². The summed E-state index contributed by atoms with van der Waals surface area (Å²) in [6, 6.07) is 0. The zero-order valence-electron chi connectivity index (χ0n) is 7.83. The minimum atomic E-state index is -1.32. The van der Waals surface area contributed by atoms with E-state index in [2.05, 4.69) is 0 Å². The van der Waals surface area contributed by atoms with Crippen LogP contribution in [0.15, 0.2) is 9.59 Å². The highest BCUT2D eigenvalue weighted by Crippen LogP contribution is 2.00. The Kier molecular flexibility index (Phi) is 2.55. The lowest BCUT2D eigenvalue weighted by molar-refractivity contribution is 0.0692. The minimum Gasteiger partial charge on any atom is -0.477 e. The Morgan fingerprint density at radius 2 is 2.07 bits per heavy atom. The number of hydrogen-bond acceptors (Lipinski definition) is 3. The van der Waals surface area contributed by atoms with Gasteiger partial charge in [-0.15, -0.1) is 0 Å². The number of carboxylic acid groups (broad SMARTS) is 1. The lowest BCUT2D eigenvalue weighted by Gasteiger charge is -2.07. The zero-order chi connectivity index (χ0) is 10.9. The third-order valence-corrected chi connectivity index (χ3v) is 1.99. The molecule has 6 nitrogen and oxygen atoms in total. The van der Waals surface area contributed by atoms with Gasteiger partial charge in [-0.1, -0.05) is 6.92 Å². The van der Waals surface area contributed by atoms with E-state index in [4.69, 9.17) is 5.11 Å². The van der Waals surface area contributed by atoms with E-state index in [1.807, 2.05) is 4.98 Å². The molecule has 0 bridgehead atoms. The van der Waals surface area contributed by atoms with Crippen molar-refractivity contribution < 1.29 is 9.90 Å². The average Bonchev–Trinajstić information content (AvgIpc) is 2.09. The normalized spacial score (nSPS) is 10.1. The second kappa shape index (κ2) is 3.49. The summed E-state index contributed by atoms with van der Waals surface area (Å²) in [4.78, 5) is 34.9. The van der Waals surface area contributed by atoms with Crippen LogP contribution in [0.4, 0.5) is 0 Å². The monoisotopic (exact) mass is 198 g/mol. The summed E-state index contributed by atoms with van der Waals surface area (Å²) in [5.74, 6) is -1.32. The Balaban J connectivity index is 3.73. The molecule has 0 amide bonds. The second-order valence-corrected chi connectivity index (χ2v) is 2.80. The molecule has 76 valence electrons. The van der Waals surface area contributed by atoms with Gasteiger partial charge >= 0.3 is 11.7 Å². The van der Waals surface area contributed by atoms with Crippen LogP contribution in [0.2, 0.25) is 0 Å². The highest BCUT2D eigenvalue weighted by atomic mass is 16.4. The molecule has 0 atom stereocenters. The summed E-state index contributed by atoms with van der Waals surface area (Å²) < 4.78 is 1.13. The van der Waals surface area contributed by atoms with E-state index < -0.39 is 17.2 Å². The Hall–Kier alpha value is -1.85. The third kappa shape index (κ3) is 1.46. The first-order valence-electron chi connectivity index (χ1n) is 4.04. The van der Waals surface area contributed by atoms with Crippen LogP contribution in [0.3, 0.4) is 0 Å². The summed E-state index contributed by atoms with van der Waals surface area (Å²) in [6.45, 7) is 1.68. The molecule has 14 heavy (non-hydrogen) atoms. The van der Waals surface area contributed by atoms with Crippen molar-refractivity contribution in [3.05, 3.63) is 32.1 Å². The van der Waals surface area contributed by atoms with Gasteiger partial charge in [0.05, 0.1) is 0 Å². The highest BCUT2D eigenvalue weighted by molar-refractivity contribution is 5.88. The predicted octanol–water partition coefficient (Wildman–Crippen LogP) is -0.666. The number of nitrogens with zero attached hydrogens (tertiary/aromatic N) is 1. The molecule has 0 aliphatic heterocycles. The molecule has 0 unspecified atom stereocenters. The Morgan fingerprint density at radius 1 is 1.50 bits per heavy atom. The van der Waals surface area contributed by atoms with E-state index in [1.165, 1.54) is 7.05 Å². The highest BCUT2D eigenvalue weighted by Gasteiger charge is 2.17. The van der Waals surface area contributed by atoms with Crippen molar-refractivity contribution in [3.8, 4) is 0 Å². The molecule has 0 saturated carbocycles. The van der Waals surface area contributed by atoms with E-state index in [9.17, 15) is 14.4 Å². The summed E-state index contributed by atoms with van der Waals surface area (Å²) >= 11 is 0.